The number of benzene rings is 1. The van der Waals surface area contributed by atoms with Crippen LogP contribution in [0, 0.1) is 25.2 Å². The molecule has 1 amide bonds. The minimum atomic E-state index is -1.14. The molecule has 3 aromatic heterocycles. The lowest BCUT2D eigenvalue weighted by Crippen LogP contribution is -2.24. The summed E-state index contributed by atoms with van der Waals surface area (Å²) >= 11 is 6.14. The van der Waals surface area contributed by atoms with Crippen LogP contribution >= 0.6 is 11.6 Å². The number of rotatable bonds is 6. The molecule has 0 radical (unpaired) electrons. The molecule has 0 atom stereocenters. The molecule has 0 saturated carbocycles. The van der Waals surface area contributed by atoms with Gasteiger partial charge in [-0.15, -0.1) is 0 Å². The second-order valence-corrected chi connectivity index (χ2v) is 9.68. The summed E-state index contributed by atoms with van der Waals surface area (Å²) in [6.07, 6.45) is 3.08. The van der Waals surface area contributed by atoms with Gasteiger partial charge >= 0.3 is 0 Å². The summed E-state index contributed by atoms with van der Waals surface area (Å²) in [4.78, 5) is 21.6. The van der Waals surface area contributed by atoms with Gasteiger partial charge in [0.15, 0.2) is 5.69 Å². The molecule has 184 valence electrons. The number of aliphatic hydroxyl groups is 1. The molecular weight excluding hydrogens is 478 g/mol. The highest BCUT2D eigenvalue weighted by Gasteiger charge is 2.22. The van der Waals surface area contributed by atoms with Crippen LogP contribution in [0.2, 0.25) is 5.02 Å². The topological polar surface area (TPSA) is 143 Å². The van der Waals surface area contributed by atoms with Gasteiger partial charge in [-0.1, -0.05) is 11.6 Å². The van der Waals surface area contributed by atoms with Crippen LogP contribution < -0.4 is 11.1 Å². The predicted molar refractivity (Wildman–Crippen MR) is 137 cm³/mol. The fraction of sp³-hybridized carbons (Fsp3) is 0.269. The van der Waals surface area contributed by atoms with E-state index in [1.54, 1.807) is 38.4 Å². The molecule has 9 nitrogen and oxygen atoms in total. The maximum Gasteiger partial charge on any atom is 0.256 e. The fourth-order valence-corrected chi connectivity index (χ4v) is 4.37. The molecule has 36 heavy (non-hydrogen) atoms. The van der Waals surface area contributed by atoms with Crippen LogP contribution in [-0.4, -0.2) is 30.8 Å². The minimum absolute atomic E-state index is 0.0181. The molecule has 4 rings (SSSR count). The zero-order chi connectivity index (χ0) is 26.2. The summed E-state index contributed by atoms with van der Waals surface area (Å²) in [5, 5.41) is 28.7. The van der Waals surface area contributed by atoms with Crippen molar-refractivity contribution in [3.63, 3.8) is 0 Å². The number of nitrogens with one attached hydrogen (secondary N) is 1. The van der Waals surface area contributed by atoms with E-state index < -0.39 is 11.5 Å². The molecule has 0 fully saturated rings. The number of nitrogen functional groups attached to an aromatic ring is 1. The number of anilines is 1. The summed E-state index contributed by atoms with van der Waals surface area (Å²) in [6, 6.07) is 9.27. The fourth-order valence-electron chi connectivity index (χ4n) is 4.20. The van der Waals surface area contributed by atoms with Crippen molar-refractivity contribution < 1.29 is 9.90 Å². The van der Waals surface area contributed by atoms with Crippen molar-refractivity contribution in [2.24, 2.45) is 0 Å². The zero-order valence-corrected chi connectivity index (χ0v) is 21.2. The lowest BCUT2D eigenvalue weighted by Gasteiger charge is -2.21. The molecule has 0 bridgehead atoms. The van der Waals surface area contributed by atoms with E-state index in [1.165, 1.54) is 4.68 Å². The van der Waals surface area contributed by atoms with Gasteiger partial charge in [0, 0.05) is 35.6 Å². The van der Waals surface area contributed by atoms with E-state index in [2.05, 4.69) is 20.4 Å². The maximum atomic E-state index is 12.9. The van der Waals surface area contributed by atoms with Crippen molar-refractivity contribution >= 4 is 34.2 Å². The quantitative estimate of drug-likeness (QED) is 0.363. The Bertz CT molecular complexity index is 1510. The van der Waals surface area contributed by atoms with Crippen LogP contribution in [-0.2, 0) is 18.7 Å². The van der Waals surface area contributed by atoms with Gasteiger partial charge in [-0.25, -0.2) is 4.98 Å². The molecule has 4 N–H and O–H groups in total. The molecule has 1 aromatic carbocycles. The number of pyridine rings is 2. The highest BCUT2D eigenvalue weighted by atomic mass is 35.5. The lowest BCUT2D eigenvalue weighted by atomic mass is 9.93. The van der Waals surface area contributed by atoms with Gasteiger partial charge in [0.1, 0.15) is 11.9 Å². The molecule has 0 aliphatic carbocycles. The van der Waals surface area contributed by atoms with Crippen LogP contribution in [0.25, 0.3) is 10.9 Å². The highest BCUT2D eigenvalue weighted by Crippen LogP contribution is 2.30. The first kappa shape index (κ1) is 25.1. The molecule has 0 saturated heterocycles. The van der Waals surface area contributed by atoms with Gasteiger partial charge in [0.25, 0.3) is 5.91 Å². The molecule has 10 heteroatoms. The summed E-state index contributed by atoms with van der Waals surface area (Å²) < 4.78 is 1.53. The Hall–Kier alpha value is -4.00. The van der Waals surface area contributed by atoms with Crippen LogP contribution in [0.1, 0.15) is 57.8 Å². The molecule has 0 aliphatic rings. The average molecular weight is 504 g/mol. The number of aromatic nitrogens is 4. The van der Waals surface area contributed by atoms with Gasteiger partial charge < -0.3 is 16.2 Å². The monoisotopic (exact) mass is 503 g/mol. The van der Waals surface area contributed by atoms with Gasteiger partial charge in [-0.05, 0) is 68.7 Å². The first-order valence-corrected chi connectivity index (χ1v) is 11.6. The largest absolute Gasteiger partial charge is 0.386 e. The Kier molecular flexibility index (Phi) is 6.67. The van der Waals surface area contributed by atoms with Crippen molar-refractivity contribution in [1.82, 2.24) is 25.1 Å². The molecule has 0 spiro atoms. The van der Waals surface area contributed by atoms with E-state index in [-0.39, 0.29) is 24.3 Å². The Balaban J connectivity index is 1.62. The minimum Gasteiger partial charge on any atom is -0.386 e. The predicted octanol–water partition coefficient (Wildman–Crippen LogP) is 3.76. The number of nitrogens with two attached hydrogens (primary N) is 1. The van der Waals surface area contributed by atoms with E-state index in [0.29, 0.717) is 21.9 Å². The number of nitriles is 1. The van der Waals surface area contributed by atoms with Crippen LogP contribution in [0.5, 0.6) is 0 Å². The third-order valence-corrected chi connectivity index (χ3v) is 6.13. The number of hydrogen-bond acceptors (Lipinski definition) is 7. The highest BCUT2D eigenvalue weighted by molar-refractivity contribution is 6.31. The Morgan fingerprint density at radius 2 is 2.03 bits per heavy atom. The second-order valence-electron chi connectivity index (χ2n) is 9.24. The molecular formula is C26H26ClN7O2. The first-order chi connectivity index (χ1) is 17.0. The number of aryl methyl sites for hydroxylation is 2. The zero-order valence-electron chi connectivity index (χ0n) is 20.4. The Morgan fingerprint density at radius 1 is 1.28 bits per heavy atom. The number of nitrogens with zero attached hydrogens (tertiary/aromatic N) is 5. The van der Waals surface area contributed by atoms with Crippen molar-refractivity contribution in [3.8, 4) is 6.07 Å². The van der Waals surface area contributed by atoms with Crippen molar-refractivity contribution in [1.29, 1.82) is 5.26 Å². The number of fused-ring (bicyclic) bond motifs is 1. The Morgan fingerprint density at radius 3 is 2.69 bits per heavy atom. The maximum absolute atomic E-state index is 12.9. The normalized spacial score (nSPS) is 11.5. The van der Waals surface area contributed by atoms with Crippen molar-refractivity contribution in [2.45, 2.75) is 46.4 Å². The van der Waals surface area contributed by atoms with E-state index in [1.807, 2.05) is 32.0 Å². The number of halogens is 1. The Labute approximate surface area is 213 Å². The summed E-state index contributed by atoms with van der Waals surface area (Å²) in [5.41, 5.74) is 9.44. The summed E-state index contributed by atoms with van der Waals surface area (Å²) in [5.74, 6) is 0.00713. The smallest absolute Gasteiger partial charge is 0.256 e. The number of hydrogen-bond donors (Lipinski definition) is 3. The van der Waals surface area contributed by atoms with E-state index in [9.17, 15) is 15.2 Å². The van der Waals surface area contributed by atoms with Crippen LogP contribution in [0.15, 0.2) is 36.7 Å². The number of carbonyl (C=O) groups is 1. The molecule has 0 unspecified atom stereocenters. The van der Waals surface area contributed by atoms with Gasteiger partial charge in [0.2, 0.25) is 0 Å². The number of amides is 1. The van der Waals surface area contributed by atoms with E-state index in [0.717, 1.165) is 27.8 Å². The lowest BCUT2D eigenvalue weighted by molar-refractivity contribution is 0.0799. The third kappa shape index (κ3) is 5.15. The third-order valence-electron chi connectivity index (χ3n) is 5.93. The van der Waals surface area contributed by atoms with Gasteiger partial charge in [-0.3, -0.25) is 14.5 Å². The first-order valence-electron chi connectivity index (χ1n) is 11.3. The van der Waals surface area contributed by atoms with E-state index in [4.69, 9.17) is 17.3 Å². The molecule has 4 aromatic rings. The van der Waals surface area contributed by atoms with Gasteiger partial charge in [-0.2, -0.15) is 10.4 Å². The van der Waals surface area contributed by atoms with Crippen molar-refractivity contribution in [3.05, 3.63) is 80.9 Å². The standard InChI is InChI=1S/C26H26ClN7O2/c1-14-5-23(29)32-15(2)19(14)11-31-25(35)20-13-34(33-22(20)9-28)12-16-6-17-8-18(27)10-30-24(17)21(7-16)26(3,4)36/h5-8,10,13,36H,11-12H2,1-4H3,(H2,29,32)(H,31,35). The van der Waals surface area contributed by atoms with Gasteiger partial charge in [0.05, 0.1) is 28.2 Å². The molecule has 0 aliphatic heterocycles. The van der Waals surface area contributed by atoms with Crippen LogP contribution in [0.3, 0.4) is 0 Å². The summed E-state index contributed by atoms with van der Waals surface area (Å²) in [7, 11) is 0. The van der Waals surface area contributed by atoms with Crippen LogP contribution in [0.4, 0.5) is 5.82 Å². The van der Waals surface area contributed by atoms with E-state index >= 15 is 0 Å². The second kappa shape index (κ2) is 9.57. The van der Waals surface area contributed by atoms with Crippen molar-refractivity contribution in [2.75, 3.05) is 5.73 Å². The average Bonchev–Trinajstić information content (AvgIpc) is 3.19. The summed E-state index contributed by atoms with van der Waals surface area (Å²) in [6.45, 7) is 7.62. The number of carbonyl (C=O) groups excluding carboxylic acids is 1. The SMILES string of the molecule is Cc1cc(N)nc(C)c1CNC(=O)c1cn(Cc2cc(C(C)(C)O)c3ncc(Cl)cc3c2)nc1C#N. The molecule has 3 heterocycles.